The molecule has 23 heavy (non-hydrogen) atoms. The summed E-state index contributed by atoms with van der Waals surface area (Å²) in [6.07, 6.45) is 0.917. The fourth-order valence-corrected chi connectivity index (χ4v) is 3.00. The topological polar surface area (TPSA) is 68.3 Å². The predicted octanol–water partition coefficient (Wildman–Crippen LogP) is 1.68. The zero-order valence-corrected chi connectivity index (χ0v) is 13.1. The van der Waals surface area contributed by atoms with Gasteiger partial charge < -0.3 is 20.1 Å². The Labute approximate surface area is 135 Å². The maximum Gasteiger partial charge on any atom is 0.161 e. The first kappa shape index (κ1) is 14.3. The fourth-order valence-electron chi connectivity index (χ4n) is 3.00. The fraction of sp³-hybridized carbons (Fsp3) is 0.412. The van der Waals surface area contributed by atoms with E-state index >= 15 is 0 Å². The number of ether oxygens (including phenoxy) is 2. The Morgan fingerprint density at radius 2 is 2.13 bits per heavy atom. The lowest BCUT2D eigenvalue weighted by atomic mass is 10.1. The summed E-state index contributed by atoms with van der Waals surface area (Å²) < 4.78 is 11.7. The molecule has 0 saturated heterocycles. The van der Waals surface area contributed by atoms with Gasteiger partial charge in [-0.3, -0.25) is 0 Å². The molecule has 6 nitrogen and oxygen atoms in total. The molecule has 0 amide bonds. The van der Waals surface area contributed by atoms with E-state index in [0.29, 0.717) is 13.2 Å². The van der Waals surface area contributed by atoms with Crippen molar-refractivity contribution in [1.82, 2.24) is 15.3 Å². The summed E-state index contributed by atoms with van der Waals surface area (Å²) in [7, 11) is 0. The smallest absolute Gasteiger partial charge is 0.161 e. The van der Waals surface area contributed by atoms with Crippen LogP contribution in [0.2, 0.25) is 0 Å². The molecule has 1 aromatic heterocycles. The summed E-state index contributed by atoms with van der Waals surface area (Å²) >= 11 is 0. The first-order valence-electron chi connectivity index (χ1n) is 7.99. The van der Waals surface area contributed by atoms with Crippen LogP contribution < -0.4 is 20.1 Å². The SMILES string of the molecule is Cc1nc2c(c(NC[C@@H]3COc4ccccc4O3)n1)CCNC2. The van der Waals surface area contributed by atoms with E-state index in [1.54, 1.807) is 0 Å². The first-order valence-corrected chi connectivity index (χ1v) is 7.99. The van der Waals surface area contributed by atoms with Crippen LogP contribution in [0.3, 0.4) is 0 Å². The number of nitrogens with one attached hydrogen (secondary N) is 2. The molecule has 2 aliphatic rings. The number of aryl methyl sites for hydroxylation is 1. The van der Waals surface area contributed by atoms with Gasteiger partial charge in [-0.1, -0.05) is 12.1 Å². The predicted molar refractivity (Wildman–Crippen MR) is 87.0 cm³/mol. The highest BCUT2D eigenvalue weighted by molar-refractivity contribution is 5.48. The first-order chi connectivity index (χ1) is 11.3. The van der Waals surface area contributed by atoms with Crippen LogP contribution in [0.1, 0.15) is 17.1 Å². The molecule has 0 unspecified atom stereocenters. The number of nitrogens with zero attached hydrogens (tertiary/aromatic N) is 2. The zero-order chi connectivity index (χ0) is 15.6. The van der Waals surface area contributed by atoms with E-state index in [4.69, 9.17) is 9.47 Å². The van der Waals surface area contributed by atoms with Gasteiger partial charge in [-0.15, -0.1) is 0 Å². The Kier molecular flexibility index (Phi) is 3.75. The molecule has 0 fully saturated rings. The maximum atomic E-state index is 5.98. The number of para-hydroxylation sites is 2. The number of benzene rings is 1. The number of fused-ring (bicyclic) bond motifs is 2. The minimum atomic E-state index is -0.0301. The number of rotatable bonds is 3. The van der Waals surface area contributed by atoms with E-state index < -0.39 is 0 Å². The number of hydrogen-bond donors (Lipinski definition) is 2. The molecule has 0 saturated carbocycles. The standard InChI is InChI=1S/C17H20N4O2/c1-11-20-14-9-18-7-6-13(14)17(21-11)19-8-12-10-22-15-4-2-3-5-16(15)23-12/h2-5,12,18H,6-10H2,1H3,(H,19,20,21)/t12-/m1/s1. The Morgan fingerprint density at radius 1 is 1.26 bits per heavy atom. The summed E-state index contributed by atoms with van der Waals surface area (Å²) in [6.45, 7) is 4.90. The highest BCUT2D eigenvalue weighted by Crippen LogP contribution is 2.31. The lowest BCUT2D eigenvalue weighted by Crippen LogP contribution is -2.36. The van der Waals surface area contributed by atoms with E-state index in [1.165, 1.54) is 5.56 Å². The number of aromatic nitrogens is 2. The van der Waals surface area contributed by atoms with Crippen molar-refractivity contribution in [3.8, 4) is 11.5 Å². The Balaban J connectivity index is 1.47. The molecule has 1 atom stereocenters. The van der Waals surface area contributed by atoms with Crippen LogP contribution in [0.15, 0.2) is 24.3 Å². The molecule has 2 aliphatic heterocycles. The van der Waals surface area contributed by atoms with Crippen molar-refractivity contribution in [1.29, 1.82) is 0 Å². The average molecular weight is 312 g/mol. The van der Waals surface area contributed by atoms with E-state index in [9.17, 15) is 0 Å². The van der Waals surface area contributed by atoms with Crippen LogP contribution in [0.25, 0.3) is 0 Å². The van der Waals surface area contributed by atoms with Gasteiger partial charge in [-0.05, 0) is 32.0 Å². The monoisotopic (exact) mass is 312 g/mol. The van der Waals surface area contributed by atoms with Crippen molar-refractivity contribution in [3.05, 3.63) is 41.3 Å². The Morgan fingerprint density at radius 3 is 3.04 bits per heavy atom. The average Bonchev–Trinajstić information content (AvgIpc) is 2.59. The van der Waals surface area contributed by atoms with E-state index in [-0.39, 0.29) is 6.10 Å². The van der Waals surface area contributed by atoms with E-state index in [1.807, 2.05) is 31.2 Å². The van der Waals surface area contributed by atoms with Crippen LogP contribution >= 0.6 is 0 Å². The Bertz CT molecular complexity index is 720. The third-order valence-electron chi connectivity index (χ3n) is 4.11. The van der Waals surface area contributed by atoms with Gasteiger partial charge in [-0.2, -0.15) is 0 Å². The lowest BCUT2D eigenvalue weighted by Gasteiger charge is -2.27. The maximum absolute atomic E-state index is 5.98. The van der Waals surface area contributed by atoms with Crippen LogP contribution in [-0.4, -0.2) is 35.8 Å². The summed E-state index contributed by atoms with van der Waals surface area (Å²) in [5, 5.41) is 6.78. The second-order valence-corrected chi connectivity index (χ2v) is 5.85. The van der Waals surface area contributed by atoms with E-state index in [0.717, 1.165) is 48.3 Å². The minimum absolute atomic E-state index is 0.0301. The quantitative estimate of drug-likeness (QED) is 0.899. The van der Waals surface area contributed by atoms with Crippen molar-refractivity contribution in [2.75, 3.05) is 25.0 Å². The Hall–Kier alpha value is -2.34. The summed E-state index contributed by atoms with van der Waals surface area (Å²) in [5.74, 6) is 3.33. The zero-order valence-electron chi connectivity index (χ0n) is 13.1. The second kappa shape index (κ2) is 6.04. The second-order valence-electron chi connectivity index (χ2n) is 5.85. The molecule has 120 valence electrons. The molecule has 3 heterocycles. The molecule has 0 spiro atoms. The molecular weight excluding hydrogens is 292 g/mol. The van der Waals surface area contributed by atoms with Gasteiger partial charge in [0.25, 0.3) is 0 Å². The number of hydrogen-bond acceptors (Lipinski definition) is 6. The summed E-state index contributed by atoms with van der Waals surface area (Å²) in [6, 6.07) is 7.76. The van der Waals surface area contributed by atoms with Crippen molar-refractivity contribution >= 4 is 5.82 Å². The highest BCUT2D eigenvalue weighted by Gasteiger charge is 2.22. The highest BCUT2D eigenvalue weighted by atomic mass is 16.6. The van der Waals surface area contributed by atoms with Crippen LogP contribution in [-0.2, 0) is 13.0 Å². The minimum Gasteiger partial charge on any atom is -0.486 e. The van der Waals surface area contributed by atoms with Crippen molar-refractivity contribution in [3.63, 3.8) is 0 Å². The van der Waals surface area contributed by atoms with Crippen molar-refractivity contribution in [2.24, 2.45) is 0 Å². The molecule has 0 radical (unpaired) electrons. The molecular formula is C17H20N4O2. The largest absolute Gasteiger partial charge is 0.486 e. The third kappa shape index (κ3) is 2.94. The van der Waals surface area contributed by atoms with Gasteiger partial charge in [0.15, 0.2) is 11.5 Å². The van der Waals surface area contributed by atoms with Gasteiger partial charge in [0.2, 0.25) is 0 Å². The van der Waals surface area contributed by atoms with Gasteiger partial charge in [0, 0.05) is 12.1 Å². The van der Waals surface area contributed by atoms with Gasteiger partial charge in [-0.25, -0.2) is 9.97 Å². The normalized spacial score (nSPS) is 19.1. The molecule has 0 aliphatic carbocycles. The molecule has 2 N–H and O–H groups in total. The van der Waals surface area contributed by atoms with Crippen molar-refractivity contribution < 1.29 is 9.47 Å². The van der Waals surface area contributed by atoms with Gasteiger partial charge >= 0.3 is 0 Å². The third-order valence-corrected chi connectivity index (χ3v) is 4.11. The molecule has 0 bridgehead atoms. The summed E-state index contributed by atoms with van der Waals surface area (Å²) in [4.78, 5) is 9.10. The summed E-state index contributed by atoms with van der Waals surface area (Å²) in [5.41, 5.74) is 2.31. The van der Waals surface area contributed by atoms with Crippen LogP contribution in [0.4, 0.5) is 5.82 Å². The van der Waals surface area contributed by atoms with Crippen LogP contribution in [0.5, 0.6) is 11.5 Å². The van der Waals surface area contributed by atoms with E-state index in [2.05, 4.69) is 20.6 Å². The molecule has 4 rings (SSSR count). The molecule has 2 aromatic rings. The lowest BCUT2D eigenvalue weighted by molar-refractivity contribution is 0.0997. The van der Waals surface area contributed by atoms with Gasteiger partial charge in [0.1, 0.15) is 24.4 Å². The van der Waals surface area contributed by atoms with Gasteiger partial charge in [0.05, 0.1) is 12.2 Å². The number of anilines is 1. The van der Waals surface area contributed by atoms with Crippen LogP contribution in [0, 0.1) is 6.92 Å². The molecule has 1 aromatic carbocycles. The molecule has 6 heteroatoms. The van der Waals surface area contributed by atoms with Crippen molar-refractivity contribution in [2.45, 2.75) is 26.0 Å².